The highest BCUT2D eigenvalue weighted by Gasteiger charge is 2.61. The number of amides is 1. The summed E-state index contributed by atoms with van der Waals surface area (Å²) in [6.45, 7) is 1.86. The molecule has 0 N–H and O–H groups in total. The minimum atomic E-state index is -4.48. The first-order valence-electron chi connectivity index (χ1n) is 13.8. The third kappa shape index (κ3) is 4.86. The molecular formula is C28H35F3N4O4. The summed E-state index contributed by atoms with van der Waals surface area (Å²) in [6.07, 6.45) is 3.76. The van der Waals surface area contributed by atoms with Gasteiger partial charge in [-0.15, -0.1) is 0 Å². The van der Waals surface area contributed by atoms with Gasteiger partial charge < -0.3 is 23.7 Å². The van der Waals surface area contributed by atoms with E-state index in [1.165, 1.54) is 0 Å². The zero-order valence-corrected chi connectivity index (χ0v) is 22.3. The molecule has 1 saturated carbocycles. The summed E-state index contributed by atoms with van der Waals surface area (Å²) in [5, 5.41) is 0. The summed E-state index contributed by atoms with van der Waals surface area (Å²) >= 11 is 0. The van der Waals surface area contributed by atoms with Crippen LogP contribution in [0.3, 0.4) is 0 Å². The van der Waals surface area contributed by atoms with Gasteiger partial charge in [-0.3, -0.25) is 9.78 Å². The Balaban J connectivity index is 1.26. The maximum atomic E-state index is 14.4. The van der Waals surface area contributed by atoms with E-state index >= 15 is 0 Å². The standard InChI is InChI=1S/C28H35F3N4O4/c1-34-7-5-32-25(34)22-13-27(12-17(10-24(27)39-22)9-18-4-8-38-16-23(18)37-2)26(36)35-6-3-21-19(15-35)11-20(14-33-21)28(29,30)31/h5,7,11,14,17-18,22-24H,3-4,6,8-10,12-13,15-16H2,1-2H3/t17-,18?,22?,23?,24-,27+/m1/s1. The predicted molar refractivity (Wildman–Crippen MR) is 133 cm³/mol. The number of aromatic nitrogens is 3. The maximum Gasteiger partial charge on any atom is 0.417 e. The lowest BCUT2D eigenvalue weighted by Gasteiger charge is -2.37. The number of pyridine rings is 1. The van der Waals surface area contributed by atoms with Crippen LogP contribution in [0.2, 0.25) is 0 Å². The lowest BCUT2D eigenvalue weighted by atomic mass is 9.77. The fourth-order valence-electron chi connectivity index (χ4n) is 7.35. The molecule has 0 bridgehead atoms. The highest BCUT2D eigenvalue weighted by Crippen LogP contribution is 2.58. The summed E-state index contributed by atoms with van der Waals surface area (Å²) in [5.74, 6) is 1.42. The van der Waals surface area contributed by atoms with E-state index in [2.05, 4.69) is 9.97 Å². The largest absolute Gasteiger partial charge is 0.417 e. The predicted octanol–water partition coefficient (Wildman–Crippen LogP) is 4.09. The SMILES string of the molecule is COC1COCCC1C[C@@H]1C[C@H]2OC(c3nccn3C)C[C@@]2(C(=O)N2CCc3ncc(C(F)(F)F)cc3C2)C1. The molecule has 2 saturated heterocycles. The topological polar surface area (TPSA) is 78.7 Å². The quantitative estimate of drug-likeness (QED) is 0.560. The van der Waals surface area contributed by atoms with Crippen LogP contribution < -0.4 is 0 Å². The molecule has 3 aliphatic heterocycles. The third-order valence-electron chi connectivity index (χ3n) is 9.30. The van der Waals surface area contributed by atoms with E-state index in [9.17, 15) is 18.0 Å². The molecule has 6 atom stereocenters. The Morgan fingerprint density at radius 1 is 1.28 bits per heavy atom. The molecular weight excluding hydrogens is 513 g/mol. The van der Waals surface area contributed by atoms with Gasteiger partial charge in [-0.25, -0.2) is 4.98 Å². The van der Waals surface area contributed by atoms with Gasteiger partial charge in [0.1, 0.15) is 11.9 Å². The van der Waals surface area contributed by atoms with Crippen molar-refractivity contribution in [1.29, 1.82) is 0 Å². The van der Waals surface area contributed by atoms with Crippen LogP contribution in [0.1, 0.15) is 60.9 Å². The minimum absolute atomic E-state index is 0.0231. The second kappa shape index (κ2) is 10.2. The molecule has 6 rings (SSSR count). The molecule has 2 aromatic rings. The molecule has 4 aliphatic rings. The average Bonchev–Trinajstić information content (AvgIpc) is 3.59. The van der Waals surface area contributed by atoms with Crippen molar-refractivity contribution in [2.24, 2.45) is 24.3 Å². The number of fused-ring (bicyclic) bond motifs is 2. The lowest BCUT2D eigenvalue weighted by Crippen LogP contribution is -2.48. The average molecular weight is 549 g/mol. The van der Waals surface area contributed by atoms with Crippen LogP contribution in [-0.4, -0.2) is 64.4 Å². The van der Waals surface area contributed by atoms with Crippen molar-refractivity contribution in [3.63, 3.8) is 0 Å². The number of carbonyl (C=O) groups is 1. The second-order valence-electron chi connectivity index (χ2n) is 11.6. The molecule has 39 heavy (non-hydrogen) atoms. The molecule has 212 valence electrons. The number of hydrogen-bond donors (Lipinski definition) is 0. The van der Waals surface area contributed by atoms with Crippen LogP contribution >= 0.6 is 0 Å². The Kier molecular flexibility index (Phi) is 6.96. The van der Waals surface area contributed by atoms with Crippen molar-refractivity contribution in [2.45, 2.75) is 69.6 Å². The van der Waals surface area contributed by atoms with Crippen LogP contribution in [-0.2, 0) is 45.2 Å². The number of alkyl halides is 3. The van der Waals surface area contributed by atoms with Gasteiger partial charge in [0.05, 0.1) is 29.8 Å². The Morgan fingerprint density at radius 2 is 2.13 bits per heavy atom. The van der Waals surface area contributed by atoms with E-state index in [1.54, 1.807) is 18.2 Å². The normalized spacial score (nSPS) is 32.7. The number of carbonyl (C=O) groups excluding carboxylic acids is 1. The molecule has 5 heterocycles. The molecule has 1 amide bonds. The number of methoxy groups -OCH3 is 1. The van der Waals surface area contributed by atoms with Gasteiger partial charge in [0.2, 0.25) is 5.91 Å². The van der Waals surface area contributed by atoms with Crippen molar-refractivity contribution < 1.29 is 32.2 Å². The highest BCUT2D eigenvalue weighted by atomic mass is 19.4. The molecule has 0 radical (unpaired) electrons. The number of halogens is 3. The monoisotopic (exact) mass is 548 g/mol. The third-order valence-corrected chi connectivity index (χ3v) is 9.30. The molecule has 2 aromatic heterocycles. The highest BCUT2D eigenvalue weighted by molar-refractivity contribution is 5.84. The Hall–Kier alpha value is -2.50. The smallest absolute Gasteiger partial charge is 0.379 e. The van der Waals surface area contributed by atoms with Gasteiger partial charge in [0, 0.05) is 64.6 Å². The van der Waals surface area contributed by atoms with Gasteiger partial charge >= 0.3 is 6.18 Å². The molecule has 3 unspecified atom stereocenters. The van der Waals surface area contributed by atoms with Crippen molar-refractivity contribution in [1.82, 2.24) is 19.4 Å². The van der Waals surface area contributed by atoms with E-state index in [4.69, 9.17) is 14.2 Å². The van der Waals surface area contributed by atoms with Crippen LogP contribution in [0, 0.1) is 17.3 Å². The zero-order chi connectivity index (χ0) is 27.4. The lowest BCUT2D eigenvalue weighted by molar-refractivity contribution is -0.145. The summed E-state index contributed by atoms with van der Waals surface area (Å²) in [5.41, 5.74) is -0.418. The molecule has 0 spiro atoms. The van der Waals surface area contributed by atoms with Gasteiger partial charge in [-0.2, -0.15) is 13.2 Å². The second-order valence-corrected chi connectivity index (χ2v) is 11.6. The molecule has 0 aromatic carbocycles. The van der Waals surface area contributed by atoms with Crippen LogP contribution in [0.15, 0.2) is 24.7 Å². The summed E-state index contributed by atoms with van der Waals surface area (Å²) in [7, 11) is 3.63. The van der Waals surface area contributed by atoms with Crippen molar-refractivity contribution in [3.05, 3.63) is 47.3 Å². The fraction of sp³-hybridized carbons (Fsp3) is 0.679. The van der Waals surface area contributed by atoms with Gasteiger partial charge in [-0.05, 0) is 55.6 Å². The first kappa shape index (κ1) is 26.7. The Morgan fingerprint density at radius 3 is 2.87 bits per heavy atom. The number of imidazole rings is 1. The molecule has 11 heteroatoms. The summed E-state index contributed by atoms with van der Waals surface area (Å²) < 4.78 is 59.9. The van der Waals surface area contributed by atoms with Gasteiger partial charge in [-0.1, -0.05) is 0 Å². The summed E-state index contributed by atoms with van der Waals surface area (Å²) in [4.78, 5) is 24.7. The van der Waals surface area contributed by atoms with E-state index in [-0.39, 0.29) is 36.7 Å². The first-order chi connectivity index (χ1) is 18.7. The number of ether oxygens (including phenoxy) is 3. The van der Waals surface area contributed by atoms with Gasteiger partial charge in [0.25, 0.3) is 0 Å². The van der Waals surface area contributed by atoms with Crippen LogP contribution in [0.4, 0.5) is 13.2 Å². The van der Waals surface area contributed by atoms with Crippen molar-refractivity contribution in [3.8, 4) is 0 Å². The number of nitrogens with zero attached hydrogens (tertiary/aromatic N) is 4. The number of hydrogen-bond acceptors (Lipinski definition) is 6. The van der Waals surface area contributed by atoms with E-state index in [0.717, 1.165) is 37.4 Å². The Labute approximate surface area is 225 Å². The van der Waals surface area contributed by atoms with Crippen LogP contribution in [0.5, 0.6) is 0 Å². The maximum absolute atomic E-state index is 14.4. The number of aryl methyl sites for hydroxylation is 1. The first-order valence-corrected chi connectivity index (χ1v) is 13.8. The van der Waals surface area contributed by atoms with Crippen LogP contribution in [0.25, 0.3) is 0 Å². The number of rotatable bonds is 5. The minimum Gasteiger partial charge on any atom is -0.379 e. The van der Waals surface area contributed by atoms with E-state index in [0.29, 0.717) is 56.2 Å². The Bertz CT molecular complexity index is 1220. The van der Waals surface area contributed by atoms with Gasteiger partial charge in [0.15, 0.2) is 0 Å². The fourth-order valence-corrected chi connectivity index (χ4v) is 7.35. The summed E-state index contributed by atoms with van der Waals surface area (Å²) in [6, 6.07) is 1.15. The zero-order valence-electron chi connectivity index (χ0n) is 22.3. The van der Waals surface area contributed by atoms with E-state index in [1.807, 2.05) is 17.8 Å². The van der Waals surface area contributed by atoms with E-state index < -0.39 is 17.2 Å². The van der Waals surface area contributed by atoms with Crippen molar-refractivity contribution in [2.75, 3.05) is 26.9 Å². The molecule has 3 fully saturated rings. The molecule has 1 aliphatic carbocycles. The van der Waals surface area contributed by atoms with Crippen molar-refractivity contribution >= 4 is 5.91 Å². The molecule has 8 nitrogen and oxygen atoms in total.